The van der Waals surface area contributed by atoms with E-state index >= 15 is 0 Å². The number of carbonyl (C=O) groups is 8. The van der Waals surface area contributed by atoms with Crippen LogP contribution in [0.5, 0.6) is 0 Å². The quantitative estimate of drug-likeness (QED) is 0.0674. The standard InChI is InChI=1S/C54H86ClN7O11/c1-16-34(5)45-48(65)59-54(10,11)52(69)73-46(35(6)17-2)37(8)42(72-53(70)60(13)29-21-19-18-20-28-56-12)27-22-36(7)51(68)71-43(30-33(3)4)47(64)57-38(9)49(66)62(15)41(31-39-23-25-40(55)26-24-39)50(67)61(14)32-44(63)58-45/h17,22-26,33-34,37-38,41-43,45-46,56H,16,18-21,27-32H2,1-15H3,(H,57,64)(H,58,63)(H,59,65)/b35-17+,36-22+/t34-,37+,38+,41-,42?,43-,45+,46-/m1/s1. The van der Waals surface area contributed by atoms with Crippen LogP contribution >= 0.6 is 11.6 Å². The Morgan fingerprint density at radius 3 is 2.18 bits per heavy atom. The van der Waals surface area contributed by atoms with Crippen molar-refractivity contribution < 1.29 is 52.6 Å². The topological polar surface area (TPSA) is 222 Å². The molecule has 1 aromatic rings. The lowest BCUT2D eigenvalue weighted by molar-refractivity contribution is -0.160. The fraction of sp³-hybridized carbons (Fsp3) is 0.667. The molecule has 1 aromatic carbocycles. The van der Waals surface area contributed by atoms with Gasteiger partial charge >= 0.3 is 18.0 Å². The van der Waals surface area contributed by atoms with Gasteiger partial charge in [-0.05, 0) is 110 Å². The van der Waals surface area contributed by atoms with Crippen LogP contribution in [0, 0.1) is 17.8 Å². The molecule has 0 spiro atoms. The summed E-state index contributed by atoms with van der Waals surface area (Å²) in [7, 11) is 6.36. The van der Waals surface area contributed by atoms with E-state index in [1.807, 2.05) is 27.8 Å². The summed E-state index contributed by atoms with van der Waals surface area (Å²) in [5.41, 5.74) is -0.281. The molecule has 410 valence electrons. The highest BCUT2D eigenvalue weighted by Gasteiger charge is 2.41. The summed E-state index contributed by atoms with van der Waals surface area (Å²) in [6.45, 7) is 19.3. The van der Waals surface area contributed by atoms with Gasteiger partial charge in [0.1, 0.15) is 35.9 Å². The van der Waals surface area contributed by atoms with Crippen molar-refractivity contribution in [2.45, 2.75) is 170 Å². The second-order valence-electron chi connectivity index (χ2n) is 20.5. The molecule has 2 rings (SSSR count). The number of nitrogens with one attached hydrogen (secondary N) is 4. The van der Waals surface area contributed by atoms with E-state index in [-0.39, 0.29) is 30.8 Å². The molecule has 0 saturated heterocycles. The molecule has 19 heteroatoms. The number of unbranched alkanes of at least 4 members (excludes halogenated alkanes) is 3. The first kappa shape index (κ1) is 63.6. The fourth-order valence-corrected chi connectivity index (χ4v) is 8.25. The van der Waals surface area contributed by atoms with Crippen molar-refractivity contribution in [1.29, 1.82) is 0 Å². The number of esters is 2. The highest BCUT2D eigenvalue weighted by Crippen LogP contribution is 2.28. The molecule has 0 fully saturated rings. The van der Waals surface area contributed by atoms with Gasteiger partial charge in [-0.25, -0.2) is 14.4 Å². The molecule has 0 aliphatic carbocycles. The predicted octanol–water partition coefficient (Wildman–Crippen LogP) is 6.14. The highest BCUT2D eigenvalue weighted by atomic mass is 35.5. The zero-order valence-corrected chi connectivity index (χ0v) is 46.9. The van der Waals surface area contributed by atoms with Gasteiger partial charge in [-0.3, -0.25) is 24.0 Å². The van der Waals surface area contributed by atoms with Gasteiger partial charge in [-0.15, -0.1) is 0 Å². The summed E-state index contributed by atoms with van der Waals surface area (Å²) < 4.78 is 18.2. The van der Waals surface area contributed by atoms with Gasteiger partial charge in [0.15, 0.2) is 6.10 Å². The monoisotopic (exact) mass is 1040 g/mol. The van der Waals surface area contributed by atoms with Crippen molar-refractivity contribution in [3.8, 4) is 0 Å². The minimum atomic E-state index is -1.65. The zero-order chi connectivity index (χ0) is 55.3. The molecule has 1 aliphatic heterocycles. The van der Waals surface area contributed by atoms with Gasteiger partial charge < -0.3 is 50.2 Å². The van der Waals surface area contributed by atoms with E-state index in [4.69, 9.17) is 25.8 Å². The van der Waals surface area contributed by atoms with E-state index in [2.05, 4.69) is 21.3 Å². The molecule has 6 amide bonds. The normalized spacial score (nSPS) is 25.2. The molecule has 0 aromatic heterocycles. The third kappa shape index (κ3) is 20.4. The Kier molecular flexibility index (Phi) is 26.7. The Labute approximate surface area is 439 Å². The van der Waals surface area contributed by atoms with Crippen LogP contribution in [0.3, 0.4) is 0 Å². The predicted molar refractivity (Wildman–Crippen MR) is 282 cm³/mol. The van der Waals surface area contributed by atoms with Gasteiger partial charge in [0.2, 0.25) is 23.6 Å². The summed E-state index contributed by atoms with van der Waals surface area (Å²) in [6.07, 6.45) is 3.58. The average molecular weight is 1040 g/mol. The van der Waals surface area contributed by atoms with Crippen LogP contribution < -0.4 is 21.3 Å². The molecule has 0 saturated carbocycles. The van der Waals surface area contributed by atoms with Crippen molar-refractivity contribution in [3.63, 3.8) is 0 Å². The Bertz CT molecular complexity index is 2100. The lowest BCUT2D eigenvalue weighted by Gasteiger charge is -2.35. The van der Waals surface area contributed by atoms with E-state index in [0.29, 0.717) is 29.1 Å². The van der Waals surface area contributed by atoms with Crippen molar-refractivity contribution in [2.75, 3.05) is 47.8 Å². The molecule has 0 radical (unpaired) electrons. The summed E-state index contributed by atoms with van der Waals surface area (Å²) in [5.74, 6) is -6.26. The number of likely N-dealkylation sites (N-methyl/N-ethyl adjacent to an activating group) is 2. The molecule has 0 bridgehead atoms. The number of cyclic esters (lactones) is 2. The number of carbonyl (C=O) groups excluding carboxylic acids is 8. The highest BCUT2D eigenvalue weighted by molar-refractivity contribution is 6.30. The second-order valence-corrected chi connectivity index (χ2v) is 20.9. The molecule has 8 atom stereocenters. The molecule has 18 nitrogen and oxygen atoms in total. The summed E-state index contributed by atoms with van der Waals surface area (Å²) in [6, 6.07) is 3.18. The van der Waals surface area contributed by atoms with Gasteiger partial charge in [0.25, 0.3) is 5.91 Å². The lowest BCUT2D eigenvalue weighted by atomic mass is 9.90. The largest absolute Gasteiger partial charge is 0.456 e. The van der Waals surface area contributed by atoms with Gasteiger partial charge in [0.05, 0.1) is 6.54 Å². The first-order valence-corrected chi connectivity index (χ1v) is 26.0. The maximum Gasteiger partial charge on any atom is 0.409 e. The number of hydrogen-bond acceptors (Lipinski definition) is 12. The Hall–Kier alpha value is -5.49. The first-order valence-electron chi connectivity index (χ1n) is 25.6. The van der Waals surface area contributed by atoms with Crippen molar-refractivity contribution in [2.24, 2.45) is 17.8 Å². The van der Waals surface area contributed by atoms with Gasteiger partial charge in [0, 0.05) is 57.0 Å². The Morgan fingerprint density at radius 2 is 1.59 bits per heavy atom. The maximum absolute atomic E-state index is 14.4. The third-order valence-corrected chi connectivity index (χ3v) is 13.6. The summed E-state index contributed by atoms with van der Waals surface area (Å²) >= 11 is 6.16. The van der Waals surface area contributed by atoms with Gasteiger partial charge in [-0.1, -0.05) is 89.8 Å². The number of allylic oxidation sites excluding steroid dienone is 1. The van der Waals surface area contributed by atoms with Crippen molar-refractivity contribution in [1.82, 2.24) is 36.0 Å². The number of ether oxygens (including phenoxy) is 3. The third-order valence-electron chi connectivity index (χ3n) is 13.3. The fourth-order valence-electron chi connectivity index (χ4n) is 8.12. The van der Waals surface area contributed by atoms with Crippen LogP contribution in [0.2, 0.25) is 5.02 Å². The smallest absolute Gasteiger partial charge is 0.409 e. The van der Waals surface area contributed by atoms with Crippen LogP contribution in [0.25, 0.3) is 0 Å². The average Bonchev–Trinajstić information content (AvgIpc) is 3.34. The number of benzene rings is 1. The van der Waals surface area contributed by atoms with E-state index in [9.17, 15) is 38.4 Å². The lowest BCUT2D eigenvalue weighted by Crippen LogP contribution is -2.60. The Balaban J connectivity index is 2.75. The first-order chi connectivity index (χ1) is 34.2. The number of rotatable bonds is 15. The minimum Gasteiger partial charge on any atom is -0.456 e. The van der Waals surface area contributed by atoms with E-state index in [1.54, 1.807) is 71.2 Å². The van der Waals surface area contributed by atoms with Crippen LogP contribution in [-0.4, -0.2) is 152 Å². The van der Waals surface area contributed by atoms with Gasteiger partial charge in [-0.2, -0.15) is 0 Å². The second kappa shape index (κ2) is 30.6. The summed E-state index contributed by atoms with van der Waals surface area (Å²) in [4.78, 5) is 116. The van der Waals surface area contributed by atoms with Crippen molar-refractivity contribution >= 4 is 59.2 Å². The molecule has 1 aliphatic rings. The Morgan fingerprint density at radius 1 is 0.959 bits per heavy atom. The SMILES string of the molecule is C/C=C(\C)[C@H]1OC(=O)C(C)(C)NC(=O)[C@H]([C@H](C)CC)NC(=O)CN(C)C(=O)[C@@H](Cc2ccc(Cl)cc2)N(C)C(=O)[C@H](C)NC(=O)[C@@H](CC(C)C)OC(=O)/C(C)=C/CC(OC(=O)N(C)CCCCCCNC)[C@@H]1C. The number of halogens is 1. The molecular formula is C54H86ClN7O11. The van der Waals surface area contributed by atoms with Crippen LogP contribution in [0.15, 0.2) is 47.6 Å². The molecule has 1 heterocycles. The van der Waals surface area contributed by atoms with Crippen molar-refractivity contribution in [3.05, 3.63) is 58.1 Å². The van der Waals surface area contributed by atoms with Crippen LogP contribution in [-0.2, 0) is 54.2 Å². The van der Waals surface area contributed by atoms with Crippen LogP contribution in [0.4, 0.5) is 4.79 Å². The molecule has 73 heavy (non-hydrogen) atoms. The van der Waals surface area contributed by atoms with E-state index in [1.165, 1.54) is 51.6 Å². The minimum absolute atomic E-state index is 0.00849. The molecular weight excluding hydrogens is 958 g/mol. The number of hydrogen-bond donors (Lipinski definition) is 4. The van der Waals surface area contributed by atoms with E-state index in [0.717, 1.165) is 37.1 Å². The molecule has 1 unspecified atom stereocenters. The molecule has 4 N–H and O–H groups in total. The van der Waals surface area contributed by atoms with Crippen LogP contribution in [0.1, 0.15) is 127 Å². The summed E-state index contributed by atoms with van der Waals surface area (Å²) in [5, 5.41) is 11.8. The number of nitrogens with zero attached hydrogens (tertiary/aromatic N) is 3. The zero-order valence-electron chi connectivity index (χ0n) is 46.1. The maximum atomic E-state index is 14.4. The number of amides is 6. The van der Waals surface area contributed by atoms with E-state index < -0.39 is 108 Å².